The number of carbonyl (C=O) groups excluding carboxylic acids is 1. The topological polar surface area (TPSA) is 87.4 Å². The maximum absolute atomic E-state index is 11.3. The second kappa shape index (κ2) is 4.86. The van der Waals surface area contributed by atoms with Gasteiger partial charge in [0.2, 0.25) is 5.91 Å². The number of hydrogen-bond acceptors (Lipinski definition) is 4. The van der Waals surface area contributed by atoms with E-state index < -0.39 is 0 Å². The smallest absolute Gasteiger partial charge is 0.228 e. The van der Waals surface area contributed by atoms with E-state index in [1.165, 1.54) is 0 Å². The van der Waals surface area contributed by atoms with Crippen molar-refractivity contribution in [3.8, 4) is 0 Å². The van der Waals surface area contributed by atoms with Crippen LogP contribution >= 0.6 is 0 Å². The van der Waals surface area contributed by atoms with Crippen LogP contribution in [0.15, 0.2) is 12.1 Å². The van der Waals surface area contributed by atoms with Gasteiger partial charge in [-0.15, -0.1) is 0 Å². The zero-order chi connectivity index (χ0) is 13.3. The Morgan fingerprint density at radius 2 is 2.22 bits per heavy atom. The Kier molecular flexibility index (Phi) is 3.43. The first-order valence-corrected chi connectivity index (χ1v) is 6.12. The SMILES string of the molecule is CC(O)CC(C)Nc1cc2c(cc1N)CC(=O)N2. The van der Waals surface area contributed by atoms with Gasteiger partial charge >= 0.3 is 0 Å². The number of aliphatic hydroxyl groups excluding tert-OH is 1. The summed E-state index contributed by atoms with van der Waals surface area (Å²) in [4.78, 5) is 11.3. The van der Waals surface area contributed by atoms with E-state index in [9.17, 15) is 9.90 Å². The van der Waals surface area contributed by atoms with Crippen LogP contribution in [0.2, 0.25) is 0 Å². The van der Waals surface area contributed by atoms with Crippen LogP contribution < -0.4 is 16.4 Å². The van der Waals surface area contributed by atoms with E-state index in [0.29, 0.717) is 18.5 Å². The second-order valence-electron chi connectivity index (χ2n) is 4.95. The van der Waals surface area contributed by atoms with Gasteiger partial charge in [0.1, 0.15) is 0 Å². The van der Waals surface area contributed by atoms with Gasteiger partial charge in [0.05, 0.1) is 23.9 Å². The lowest BCUT2D eigenvalue weighted by Crippen LogP contribution is -2.21. The Morgan fingerprint density at radius 1 is 1.50 bits per heavy atom. The minimum Gasteiger partial charge on any atom is -0.397 e. The molecule has 0 saturated carbocycles. The molecular weight excluding hydrogens is 230 g/mol. The number of nitrogens with one attached hydrogen (secondary N) is 2. The van der Waals surface area contributed by atoms with E-state index in [1.807, 2.05) is 19.1 Å². The number of aliphatic hydroxyl groups is 1. The van der Waals surface area contributed by atoms with E-state index in [-0.39, 0.29) is 18.1 Å². The maximum Gasteiger partial charge on any atom is 0.228 e. The molecule has 0 saturated heterocycles. The third-order valence-corrected chi connectivity index (χ3v) is 3.00. The standard InChI is InChI=1S/C13H19N3O2/c1-7(3-8(2)17)15-12-6-11-9(4-10(12)14)5-13(18)16-11/h4,6-8,15,17H,3,5,14H2,1-2H3,(H,16,18). The van der Waals surface area contributed by atoms with Crippen LogP contribution in [0.5, 0.6) is 0 Å². The summed E-state index contributed by atoms with van der Waals surface area (Å²) in [6.45, 7) is 3.74. The molecule has 1 aliphatic rings. The highest BCUT2D eigenvalue weighted by atomic mass is 16.3. The van der Waals surface area contributed by atoms with Gasteiger partial charge < -0.3 is 21.5 Å². The molecule has 0 aliphatic carbocycles. The lowest BCUT2D eigenvalue weighted by Gasteiger charge is -2.19. The summed E-state index contributed by atoms with van der Waals surface area (Å²) in [6.07, 6.45) is 0.675. The average Bonchev–Trinajstić information content (AvgIpc) is 2.56. The van der Waals surface area contributed by atoms with Crippen LogP contribution in [0.1, 0.15) is 25.8 Å². The summed E-state index contributed by atoms with van der Waals surface area (Å²) in [6, 6.07) is 3.79. The van der Waals surface area contributed by atoms with Crippen molar-refractivity contribution in [3.63, 3.8) is 0 Å². The number of hydrogen-bond donors (Lipinski definition) is 4. The molecule has 5 nitrogen and oxygen atoms in total. The van der Waals surface area contributed by atoms with Crippen molar-refractivity contribution >= 4 is 23.0 Å². The van der Waals surface area contributed by atoms with Crippen molar-refractivity contribution in [1.82, 2.24) is 0 Å². The highest BCUT2D eigenvalue weighted by Crippen LogP contribution is 2.32. The Balaban J connectivity index is 2.15. The lowest BCUT2D eigenvalue weighted by molar-refractivity contribution is -0.115. The summed E-state index contributed by atoms with van der Waals surface area (Å²) in [5.74, 6) is -0.00132. The maximum atomic E-state index is 11.3. The fourth-order valence-electron chi connectivity index (χ4n) is 2.25. The predicted molar refractivity (Wildman–Crippen MR) is 72.6 cm³/mol. The largest absolute Gasteiger partial charge is 0.397 e. The van der Waals surface area contributed by atoms with Crippen molar-refractivity contribution in [2.45, 2.75) is 38.8 Å². The van der Waals surface area contributed by atoms with Crippen molar-refractivity contribution in [2.24, 2.45) is 0 Å². The molecule has 18 heavy (non-hydrogen) atoms. The molecule has 5 heteroatoms. The molecule has 0 fully saturated rings. The van der Waals surface area contributed by atoms with Crippen LogP contribution in [0, 0.1) is 0 Å². The molecule has 5 N–H and O–H groups in total. The third-order valence-electron chi connectivity index (χ3n) is 3.00. The Hall–Kier alpha value is -1.75. The first-order valence-electron chi connectivity index (χ1n) is 6.12. The van der Waals surface area contributed by atoms with Gasteiger partial charge in [0.15, 0.2) is 0 Å². The normalized spacial score (nSPS) is 16.9. The number of amides is 1. The number of benzene rings is 1. The Morgan fingerprint density at radius 3 is 2.89 bits per heavy atom. The van der Waals surface area contributed by atoms with Crippen molar-refractivity contribution < 1.29 is 9.90 Å². The summed E-state index contributed by atoms with van der Waals surface area (Å²) in [5, 5.41) is 15.4. The molecule has 1 aromatic rings. The molecule has 0 radical (unpaired) electrons. The summed E-state index contributed by atoms with van der Waals surface area (Å²) in [7, 11) is 0. The fraction of sp³-hybridized carbons (Fsp3) is 0.462. The molecule has 0 aromatic heterocycles. The van der Waals surface area contributed by atoms with Crippen molar-refractivity contribution in [2.75, 3.05) is 16.4 Å². The molecule has 1 heterocycles. The van der Waals surface area contributed by atoms with Crippen LogP contribution in [0.25, 0.3) is 0 Å². The van der Waals surface area contributed by atoms with Gasteiger partial charge in [-0.05, 0) is 38.0 Å². The molecule has 2 rings (SSSR count). The van der Waals surface area contributed by atoms with Crippen molar-refractivity contribution in [1.29, 1.82) is 0 Å². The molecule has 0 spiro atoms. The Labute approximate surface area is 106 Å². The molecule has 1 amide bonds. The molecule has 2 unspecified atom stereocenters. The van der Waals surface area contributed by atoms with Crippen LogP contribution in [0.4, 0.5) is 17.1 Å². The van der Waals surface area contributed by atoms with Crippen molar-refractivity contribution in [3.05, 3.63) is 17.7 Å². The first-order chi connectivity index (χ1) is 8.45. The summed E-state index contributed by atoms with van der Waals surface area (Å²) in [5.41, 5.74) is 9.13. The summed E-state index contributed by atoms with van der Waals surface area (Å²) < 4.78 is 0. The monoisotopic (exact) mass is 249 g/mol. The van der Waals surface area contributed by atoms with Gasteiger partial charge in [-0.25, -0.2) is 0 Å². The molecule has 0 bridgehead atoms. The minimum atomic E-state index is -0.358. The van der Waals surface area contributed by atoms with Gasteiger partial charge in [-0.1, -0.05) is 0 Å². The van der Waals surface area contributed by atoms with E-state index >= 15 is 0 Å². The van der Waals surface area contributed by atoms with E-state index in [4.69, 9.17) is 5.73 Å². The zero-order valence-corrected chi connectivity index (χ0v) is 10.7. The second-order valence-corrected chi connectivity index (χ2v) is 4.95. The predicted octanol–water partition coefficient (Wildman–Crippen LogP) is 1.33. The number of rotatable bonds is 4. The van der Waals surface area contributed by atoms with Gasteiger partial charge in [-0.2, -0.15) is 0 Å². The van der Waals surface area contributed by atoms with Gasteiger partial charge in [-0.3, -0.25) is 4.79 Å². The Bertz CT molecular complexity index is 472. The highest BCUT2D eigenvalue weighted by Gasteiger charge is 2.19. The van der Waals surface area contributed by atoms with Crippen LogP contribution in [-0.2, 0) is 11.2 Å². The van der Waals surface area contributed by atoms with E-state index in [0.717, 1.165) is 16.9 Å². The third kappa shape index (κ3) is 2.73. The van der Waals surface area contributed by atoms with E-state index in [1.54, 1.807) is 6.92 Å². The lowest BCUT2D eigenvalue weighted by atomic mass is 10.1. The van der Waals surface area contributed by atoms with Crippen LogP contribution in [-0.4, -0.2) is 23.2 Å². The molecule has 98 valence electrons. The minimum absolute atomic E-state index is 0.00132. The molecule has 1 aliphatic heterocycles. The number of fused-ring (bicyclic) bond motifs is 1. The number of nitrogens with two attached hydrogens (primary N) is 1. The first kappa shape index (κ1) is 12.7. The van der Waals surface area contributed by atoms with Gasteiger partial charge in [0, 0.05) is 11.7 Å². The number of nitrogen functional groups attached to an aromatic ring is 1. The zero-order valence-electron chi connectivity index (χ0n) is 10.7. The summed E-state index contributed by atoms with van der Waals surface area (Å²) >= 11 is 0. The number of carbonyl (C=O) groups is 1. The average molecular weight is 249 g/mol. The molecule has 2 atom stereocenters. The highest BCUT2D eigenvalue weighted by molar-refractivity contribution is 6.00. The quantitative estimate of drug-likeness (QED) is 0.606. The number of anilines is 3. The van der Waals surface area contributed by atoms with Gasteiger partial charge in [0.25, 0.3) is 0 Å². The molecular formula is C13H19N3O2. The fourth-order valence-corrected chi connectivity index (χ4v) is 2.25. The van der Waals surface area contributed by atoms with E-state index in [2.05, 4.69) is 10.6 Å². The molecule has 1 aromatic carbocycles. The van der Waals surface area contributed by atoms with Crippen LogP contribution in [0.3, 0.4) is 0 Å².